The Hall–Kier alpha value is -1.22. The van der Waals surface area contributed by atoms with E-state index in [2.05, 4.69) is 6.92 Å². The molecule has 118 valence electrons. The quantitative estimate of drug-likeness (QED) is 0.820. The first-order valence-electron chi connectivity index (χ1n) is 8.30. The Morgan fingerprint density at radius 2 is 1.71 bits per heavy atom. The molecule has 0 spiro atoms. The first-order valence-corrected chi connectivity index (χ1v) is 8.30. The minimum atomic E-state index is -0.0355. The monoisotopic (exact) mass is 291 g/mol. The van der Waals surface area contributed by atoms with Gasteiger partial charge in [-0.2, -0.15) is 0 Å². The molecule has 0 aromatic heterocycles. The number of para-hydroxylation sites is 2. The van der Waals surface area contributed by atoms with Gasteiger partial charge in [0.25, 0.3) is 0 Å². The molecule has 3 nitrogen and oxygen atoms in total. The Balaban J connectivity index is 1.81. The molecule has 0 saturated heterocycles. The fraction of sp³-hybridized carbons (Fsp3) is 0.667. The number of benzene rings is 1. The third-order valence-corrected chi connectivity index (χ3v) is 4.68. The first-order chi connectivity index (χ1) is 10.2. The summed E-state index contributed by atoms with van der Waals surface area (Å²) in [4.78, 5) is 0. The maximum atomic E-state index is 6.53. The molecule has 1 saturated carbocycles. The van der Waals surface area contributed by atoms with Crippen molar-refractivity contribution in [2.24, 2.45) is 11.7 Å². The van der Waals surface area contributed by atoms with Gasteiger partial charge in [0.2, 0.25) is 0 Å². The Morgan fingerprint density at radius 3 is 2.29 bits per heavy atom. The third kappa shape index (κ3) is 4.63. The summed E-state index contributed by atoms with van der Waals surface area (Å²) in [7, 11) is 0. The van der Waals surface area contributed by atoms with Gasteiger partial charge in [0.05, 0.1) is 13.2 Å². The van der Waals surface area contributed by atoms with Crippen molar-refractivity contribution in [1.82, 2.24) is 0 Å². The zero-order chi connectivity index (χ0) is 15.1. The molecule has 2 N–H and O–H groups in total. The zero-order valence-corrected chi connectivity index (χ0v) is 13.4. The molecule has 0 radical (unpaired) electrons. The van der Waals surface area contributed by atoms with Crippen LogP contribution in [0.5, 0.6) is 11.5 Å². The summed E-state index contributed by atoms with van der Waals surface area (Å²) in [5.74, 6) is 2.52. The molecular weight excluding hydrogens is 262 g/mol. The van der Waals surface area contributed by atoms with Crippen molar-refractivity contribution >= 4 is 0 Å². The van der Waals surface area contributed by atoms with Crippen molar-refractivity contribution in [3.8, 4) is 11.5 Å². The summed E-state index contributed by atoms with van der Waals surface area (Å²) in [6, 6.07) is 7.85. The highest BCUT2D eigenvalue weighted by atomic mass is 16.5. The third-order valence-electron chi connectivity index (χ3n) is 4.68. The van der Waals surface area contributed by atoms with E-state index < -0.39 is 0 Å². The SMILES string of the molecule is CCOc1ccccc1OCCC1(N)CCC(CC)CC1. The number of nitrogens with two attached hydrogens (primary N) is 1. The predicted octanol–water partition coefficient (Wildman–Crippen LogP) is 4.15. The predicted molar refractivity (Wildman–Crippen MR) is 86.9 cm³/mol. The summed E-state index contributed by atoms with van der Waals surface area (Å²) in [5, 5.41) is 0. The van der Waals surface area contributed by atoms with Gasteiger partial charge in [0.15, 0.2) is 11.5 Å². The first kappa shape index (κ1) is 16.2. The zero-order valence-electron chi connectivity index (χ0n) is 13.4. The van der Waals surface area contributed by atoms with Gasteiger partial charge < -0.3 is 15.2 Å². The molecule has 21 heavy (non-hydrogen) atoms. The van der Waals surface area contributed by atoms with Crippen LogP contribution in [0.3, 0.4) is 0 Å². The van der Waals surface area contributed by atoms with E-state index in [1.54, 1.807) is 0 Å². The maximum Gasteiger partial charge on any atom is 0.161 e. The molecule has 0 unspecified atom stereocenters. The maximum absolute atomic E-state index is 6.53. The van der Waals surface area contributed by atoms with Crippen LogP contribution in [0.1, 0.15) is 52.4 Å². The minimum Gasteiger partial charge on any atom is -0.490 e. The molecule has 0 heterocycles. The molecule has 0 amide bonds. The van der Waals surface area contributed by atoms with Crippen molar-refractivity contribution in [3.05, 3.63) is 24.3 Å². The van der Waals surface area contributed by atoms with Crippen molar-refractivity contribution in [2.75, 3.05) is 13.2 Å². The fourth-order valence-electron chi connectivity index (χ4n) is 3.12. The molecule has 3 heteroatoms. The second-order valence-corrected chi connectivity index (χ2v) is 6.19. The second kappa shape index (κ2) is 7.69. The molecule has 0 aliphatic heterocycles. The van der Waals surface area contributed by atoms with Crippen LogP contribution >= 0.6 is 0 Å². The summed E-state index contributed by atoms with van der Waals surface area (Å²) >= 11 is 0. The van der Waals surface area contributed by atoms with Crippen LogP contribution in [0.15, 0.2) is 24.3 Å². The van der Waals surface area contributed by atoms with Crippen molar-refractivity contribution < 1.29 is 9.47 Å². The van der Waals surface area contributed by atoms with Crippen LogP contribution in [0.2, 0.25) is 0 Å². The lowest BCUT2D eigenvalue weighted by atomic mass is 9.75. The van der Waals surface area contributed by atoms with E-state index in [1.165, 1.54) is 19.3 Å². The Bertz CT molecular complexity index is 425. The number of ether oxygens (including phenoxy) is 2. The molecule has 2 rings (SSSR count). The molecule has 1 fully saturated rings. The Labute approximate surface area is 128 Å². The van der Waals surface area contributed by atoms with Gasteiger partial charge >= 0.3 is 0 Å². The van der Waals surface area contributed by atoms with Crippen LogP contribution in [0, 0.1) is 5.92 Å². The summed E-state index contributed by atoms with van der Waals surface area (Å²) < 4.78 is 11.5. The van der Waals surface area contributed by atoms with Gasteiger partial charge in [-0.3, -0.25) is 0 Å². The molecule has 0 atom stereocenters. The average molecular weight is 291 g/mol. The summed E-state index contributed by atoms with van der Waals surface area (Å²) in [6.45, 7) is 5.58. The highest BCUT2D eigenvalue weighted by molar-refractivity contribution is 5.39. The van der Waals surface area contributed by atoms with E-state index in [0.29, 0.717) is 13.2 Å². The topological polar surface area (TPSA) is 44.5 Å². The van der Waals surface area contributed by atoms with Crippen LogP contribution in [0.4, 0.5) is 0 Å². The van der Waals surface area contributed by atoms with E-state index in [9.17, 15) is 0 Å². The van der Waals surface area contributed by atoms with Crippen molar-refractivity contribution in [1.29, 1.82) is 0 Å². The molecule has 1 aromatic carbocycles. The summed E-state index contributed by atoms with van der Waals surface area (Å²) in [6.07, 6.45) is 6.99. The number of rotatable bonds is 7. The molecule has 1 aromatic rings. The van der Waals surface area contributed by atoms with Gasteiger partial charge in [-0.1, -0.05) is 25.5 Å². The van der Waals surface area contributed by atoms with Crippen LogP contribution in [-0.2, 0) is 0 Å². The largest absolute Gasteiger partial charge is 0.490 e. The van der Waals surface area contributed by atoms with Crippen molar-refractivity contribution in [2.45, 2.75) is 57.9 Å². The normalized spacial score (nSPS) is 25.6. The van der Waals surface area contributed by atoms with Gasteiger partial charge in [-0.15, -0.1) is 0 Å². The second-order valence-electron chi connectivity index (χ2n) is 6.19. The van der Waals surface area contributed by atoms with Crippen LogP contribution in [0.25, 0.3) is 0 Å². The highest BCUT2D eigenvalue weighted by Crippen LogP contribution is 2.34. The molecular formula is C18H29NO2. The molecule has 1 aliphatic carbocycles. The van der Waals surface area contributed by atoms with Gasteiger partial charge in [0.1, 0.15) is 0 Å². The van der Waals surface area contributed by atoms with E-state index in [0.717, 1.165) is 36.7 Å². The van der Waals surface area contributed by atoms with E-state index in [4.69, 9.17) is 15.2 Å². The summed E-state index contributed by atoms with van der Waals surface area (Å²) in [5.41, 5.74) is 6.49. The van der Waals surface area contributed by atoms with Crippen LogP contribution < -0.4 is 15.2 Å². The lowest BCUT2D eigenvalue weighted by Gasteiger charge is -2.37. The smallest absolute Gasteiger partial charge is 0.161 e. The van der Waals surface area contributed by atoms with Gasteiger partial charge in [0, 0.05) is 5.54 Å². The van der Waals surface area contributed by atoms with Gasteiger partial charge in [-0.25, -0.2) is 0 Å². The standard InChI is InChI=1S/C18H29NO2/c1-3-15-9-11-18(19,12-10-15)13-14-21-17-8-6-5-7-16(17)20-4-2/h5-8,15H,3-4,9-14,19H2,1-2H3. The van der Waals surface area contributed by atoms with E-state index in [-0.39, 0.29) is 5.54 Å². The lowest BCUT2D eigenvalue weighted by Crippen LogP contribution is -2.44. The van der Waals surface area contributed by atoms with Crippen LogP contribution in [-0.4, -0.2) is 18.8 Å². The van der Waals surface area contributed by atoms with Crippen molar-refractivity contribution in [3.63, 3.8) is 0 Å². The minimum absolute atomic E-state index is 0.0355. The Morgan fingerprint density at radius 1 is 1.10 bits per heavy atom. The number of hydrogen-bond donors (Lipinski definition) is 1. The lowest BCUT2D eigenvalue weighted by molar-refractivity contribution is 0.179. The highest BCUT2D eigenvalue weighted by Gasteiger charge is 2.30. The molecule has 0 bridgehead atoms. The Kier molecular flexibility index (Phi) is 5.92. The fourth-order valence-corrected chi connectivity index (χ4v) is 3.12. The molecule has 1 aliphatic rings. The van der Waals surface area contributed by atoms with E-state index >= 15 is 0 Å². The van der Waals surface area contributed by atoms with E-state index in [1.807, 2.05) is 31.2 Å². The average Bonchev–Trinajstić information content (AvgIpc) is 2.50. The number of hydrogen-bond acceptors (Lipinski definition) is 3. The van der Waals surface area contributed by atoms with Gasteiger partial charge in [-0.05, 0) is 57.1 Å².